The van der Waals surface area contributed by atoms with Gasteiger partial charge >= 0.3 is 6.03 Å². The number of anilines is 2. The summed E-state index contributed by atoms with van der Waals surface area (Å²) in [6.45, 7) is 3.04. The first kappa shape index (κ1) is 21.1. The molecule has 0 bridgehead atoms. The molecule has 160 valence electrons. The fraction of sp³-hybridized carbons (Fsp3) is 0.261. The van der Waals surface area contributed by atoms with Gasteiger partial charge < -0.3 is 20.3 Å². The molecule has 0 atom stereocenters. The molecule has 0 unspecified atom stereocenters. The molecule has 2 N–H and O–H groups in total. The minimum atomic E-state index is -0.251. The monoisotopic (exact) mass is 435 g/mol. The second-order valence-electron chi connectivity index (χ2n) is 7.02. The minimum Gasteiger partial charge on any atom is -0.378 e. The molecule has 1 saturated heterocycles. The Morgan fingerprint density at radius 3 is 2.52 bits per heavy atom. The van der Waals surface area contributed by atoms with Gasteiger partial charge in [0, 0.05) is 48.1 Å². The predicted molar refractivity (Wildman–Crippen MR) is 125 cm³/mol. The van der Waals surface area contributed by atoms with Crippen LogP contribution in [0.25, 0.3) is 11.4 Å². The summed E-state index contributed by atoms with van der Waals surface area (Å²) in [7, 11) is 1.59. The van der Waals surface area contributed by atoms with Crippen LogP contribution in [0.1, 0.15) is 5.69 Å². The summed E-state index contributed by atoms with van der Waals surface area (Å²) >= 11 is 1.76. The zero-order valence-corrected chi connectivity index (χ0v) is 18.2. The molecule has 2 heterocycles. The summed E-state index contributed by atoms with van der Waals surface area (Å²) in [5, 5.41) is 5.31. The molecule has 0 spiro atoms. The van der Waals surface area contributed by atoms with Crippen LogP contribution in [0.15, 0.2) is 65.6 Å². The van der Waals surface area contributed by atoms with Gasteiger partial charge in [0.1, 0.15) is 5.82 Å². The summed E-state index contributed by atoms with van der Waals surface area (Å²) in [4.78, 5) is 24.6. The average molecular weight is 436 g/mol. The Balaban J connectivity index is 1.59. The molecular weight excluding hydrogens is 410 g/mol. The van der Waals surface area contributed by atoms with E-state index >= 15 is 0 Å². The van der Waals surface area contributed by atoms with Crippen LogP contribution >= 0.6 is 11.8 Å². The smallest absolute Gasteiger partial charge is 0.318 e. The molecule has 8 heteroatoms. The highest BCUT2D eigenvalue weighted by Gasteiger charge is 2.16. The number of hydrogen-bond acceptors (Lipinski definition) is 6. The largest absolute Gasteiger partial charge is 0.378 e. The molecule has 31 heavy (non-hydrogen) atoms. The van der Waals surface area contributed by atoms with Gasteiger partial charge in [-0.1, -0.05) is 18.2 Å². The first-order chi connectivity index (χ1) is 15.2. The topological polar surface area (TPSA) is 79.4 Å². The van der Waals surface area contributed by atoms with Gasteiger partial charge in [0.15, 0.2) is 5.82 Å². The molecule has 1 fully saturated rings. The fourth-order valence-electron chi connectivity index (χ4n) is 3.21. The highest BCUT2D eigenvalue weighted by atomic mass is 32.2. The number of benzene rings is 2. The third-order valence-corrected chi connectivity index (χ3v) is 5.90. The second-order valence-corrected chi connectivity index (χ2v) is 8.07. The standard InChI is InChI=1S/C23H25N5O2S/c1-24-23(29)26-18-9-7-17(8-10-18)22-25-19(16-31-20-5-3-2-4-6-20)15-21(27-22)28-11-13-30-14-12-28/h2-10,15H,11-14,16H2,1H3,(H2,24,26,29). The van der Waals surface area contributed by atoms with Crippen molar-refractivity contribution in [3.8, 4) is 11.4 Å². The Morgan fingerprint density at radius 1 is 1.06 bits per heavy atom. The van der Waals surface area contributed by atoms with Crippen molar-refractivity contribution in [3.05, 3.63) is 66.4 Å². The van der Waals surface area contributed by atoms with Gasteiger partial charge in [-0.2, -0.15) is 0 Å². The SMILES string of the molecule is CNC(=O)Nc1ccc(-c2nc(CSc3ccccc3)cc(N3CCOCC3)n2)cc1. The van der Waals surface area contributed by atoms with Crippen molar-refractivity contribution in [3.63, 3.8) is 0 Å². The van der Waals surface area contributed by atoms with Crippen LogP contribution in [0.3, 0.4) is 0 Å². The van der Waals surface area contributed by atoms with Crippen LogP contribution in [0.2, 0.25) is 0 Å². The zero-order chi connectivity index (χ0) is 21.5. The molecule has 2 amide bonds. The highest BCUT2D eigenvalue weighted by Crippen LogP contribution is 2.27. The number of nitrogens with zero attached hydrogens (tertiary/aromatic N) is 3. The molecule has 0 radical (unpaired) electrons. The van der Waals surface area contributed by atoms with E-state index in [1.165, 1.54) is 4.90 Å². The summed E-state index contributed by atoms with van der Waals surface area (Å²) in [5.41, 5.74) is 2.60. The lowest BCUT2D eigenvalue weighted by molar-refractivity contribution is 0.122. The minimum absolute atomic E-state index is 0.251. The molecule has 3 aromatic rings. The quantitative estimate of drug-likeness (QED) is 0.569. The molecule has 1 aliphatic heterocycles. The lowest BCUT2D eigenvalue weighted by Crippen LogP contribution is -2.37. The second kappa shape index (κ2) is 10.3. The van der Waals surface area contributed by atoms with Crippen LogP contribution in [0.4, 0.5) is 16.3 Å². The van der Waals surface area contributed by atoms with Crippen LogP contribution < -0.4 is 15.5 Å². The Kier molecular flexibility index (Phi) is 7.01. The Morgan fingerprint density at radius 2 is 1.81 bits per heavy atom. The summed E-state index contributed by atoms with van der Waals surface area (Å²) in [5.74, 6) is 2.36. The molecule has 4 rings (SSSR count). The number of ether oxygens (including phenoxy) is 1. The molecule has 1 aliphatic rings. The van der Waals surface area contributed by atoms with Crippen LogP contribution in [0.5, 0.6) is 0 Å². The Labute approximate surface area is 186 Å². The molecule has 1 aromatic heterocycles. The van der Waals surface area contributed by atoms with Gasteiger partial charge in [-0.15, -0.1) is 11.8 Å². The highest BCUT2D eigenvalue weighted by molar-refractivity contribution is 7.98. The van der Waals surface area contributed by atoms with Gasteiger partial charge in [0.2, 0.25) is 0 Å². The van der Waals surface area contributed by atoms with Gasteiger partial charge in [-0.25, -0.2) is 14.8 Å². The predicted octanol–water partition coefficient (Wildman–Crippen LogP) is 4.02. The number of aromatic nitrogens is 2. The maximum absolute atomic E-state index is 11.5. The number of rotatable bonds is 6. The summed E-state index contributed by atoms with van der Waals surface area (Å²) in [6, 6.07) is 19.7. The number of nitrogens with one attached hydrogen (secondary N) is 2. The number of thioether (sulfide) groups is 1. The van der Waals surface area contributed by atoms with Gasteiger partial charge in [-0.05, 0) is 36.4 Å². The van der Waals surface area contributed by atoms with E-state index in [4.69, 9.17) is 14.7 Å². The van der Waals surface area contributed by atoms with Crippen molar-refractivity contribution in [2.45, 2.75) is 10.6 Å². The Hall–Kier alpha value is -3.10. The van der Waals surface area contributed by atoms with E-state index in [1.54, 1.807) is 18.8 Å². The van der Waals surface area contributed by atoms with E-state index < -0.39 is 0 Å². The van der Waals surface area contributed by atoms with Crippen LogP contribution in [-0.2, 0) is 10.5 Å². The summed E-state index contributed by atoms with van der Waals surface area (Å²) < 4.78 is 5.50. The van der Waals surface area contributed by atoms with Crippen molar-refractivity contribution in [1.29, 1.82) is 0 Å². The van der Waals surface area contributed by atoms with Crippen LogP contribution in [-0.4, -0.2) is 49.4 Å². The molecule has 7 nitrogen and oxygen atoms in total. The Bertz CT molecular complexity index is 1010. The maximum atomic E-state index is 11.5. The molecule has 0 aliphatic carbocycles. The van der Waals surface area contributed by atoms with E-state index in [0.29, 0.717) is 24.7 Å². The van der Waals surface area contributed by atoms with E-state index in [0.717, 1.165) is 35.9 Å². The first-order valence-electron chi connectivity index (χ1n) is 10.2. The summed E-state index contributed by atoms with van der Waals surface area (Å²) in [6.07, 6.45) is 0. The number of carbonyl (C=O) groups is 1. The van der Waals surface area contributed by atoms with E-state index in [-0.39, 0.29) is 6.03 Å². The number of hydrogen-bond donors (Lipinski definition) is 2. The molecule has 2 aromatic carbocycles. The van der Waals surface area contributed by atoms with Crippen LogP contribution in [0, 0.1) is 0 Å². The van der Waals surface area contributed by atoms with Crippen molar-refractivity contribution in [1.82, 2.24) is 15.3 Å². The lowest BCUT2D eigenvalue weighted by Gasteiger charge is -2.28. The number of carbonyl (C=O) groups excluding carboxylic acids is 1. The molecule has 0 saturated carbocycles. The van der Waals surface area contributed by atoms with Crippen molar-refractivity contribution in [2.24, 2.45) is 0 Å². The first-order valence-corrected chi connectivity index (χ1v) is 11.2. The van der Waals surface area contributed by atoms with E-state index in [9.17, 15) is 4.79 Å². The fourth-order valence-corrected chi connectivity index (χ4v) is 4.02. The van der Waals surface area contributed by atoms with E-state index in [2.05, 4.69) is 33.7 Å². The zero-order valence-electron chi connectivity index (χ0n) is 17.4. The number of morpholine rings is 1. The number of urea groups is 1. The number of amides is 2. The maximum Gasteiger partial charge on any atom is 0.318 e. The van der Waals surface area contributed by atoms with E-state index in [1.807, 2.05) is 42.5 Å². The van der Waals surface area contributed by atoms with Crippen molar-refractivity contribution < 1.29 is 9.53 Å². The lowest BCUT2D eigenvalue weighted by atomic mass is 10.2. The van der Waals surface area contributed by atoms with Crippen molar-refractivity contribution >= 4 is 29.3 Å². The molecular formula is C23H25N5O2S. The third kappa shape index (κ3) is 5.74. The average Bonchev–Trinajstić information content (AvgIpc) is 2.84. The van der Waals surface area contributed by atoms with Crippen molar-refractivity contribution in [2.75, 3.05) is 43.6 Å². The van der Waals surface area contributed by atoms with Gasteiger partial charge in [0.05, 0.1) is 18.9 Å². The van der Waals surface area contributed by atoms with Gasteiger partial charge in [-0.3, -0.25) is 0 Å². The normalized spacial score (nSPS) is 13.6. The van der Waals surface area contributed by atoms with Gasteiger partial charge in [0.25, 0.3) is 0 Å². The third-order valence-electron chi connectivity index (χ3n) is 4.86.